The molecule has 2 rings (SSSR count). The van der Waals surface area contributed by atoms with Gasteiger partial charge >= 0.3 is 5.97 Å². The number of nitriles is 1. The molecule has 0 saturated heterocycles. The van der Waals surface area contributed by atoms with Crippen molar-refractivity contribution in [2.24, 2.45) is 0 Å². The average Bonchev–Trinajstić information content (AvgIpc) is 2.89. The summed E-state index contributed by atoms with van der Waals surface area (Å²) in [6.45, 7) is 0. The van der Waals surface area contributed by atoms with Crippen molar-refractivity contribution in [3.63, 3.8) is 0 Å². The Morgan fingerprint density at radius 1 is 1.39 bits per heavy atom. The van der Waals surface area contributed by atoms with Gasteiger partial charge in [-0.3, -0.25) is 0 Å². The highest BCUT2D eigenvalue weighted by molar-refractivity contribution is 7.08. The number of rotatable bonds is 3. The van der Waals surface area contributed by atoms with Crippen molar-refractivity contribution in [2.75, 3.05) is 0 Å². The Morgan fingerprint density at radius 2 is 2.22 bits per heavy atom. The fraction of sp³-hybridized carbons (Fsp3) is 0. The van der Waals surface area contributed by atoms with Gasteiger partial charge in [0.25, 0.3) is 0 Å². The third-order valence-corrected chi connectivity index (χ3v) is 2.94. The lowest BCUT2D eigenvalue weighted by atomic mass is 10.1. The summed E-state index contributed by atoms with van der Waals surface area (Å²) in [6.07, 6.45) is 3.44. The standard InChI is InChI=1S/C13H8N2O2S/c14-7-10-2-4-12(13(16)17)15-11(10)3-1-9-5-6-18-8-9/h1-6,8H,(H,16,17)/b3-1+. The first kappa shape index (κ1) is 12.0. The normalized spacial score (nSPS) is 10.4. The van der Waals surface area contributed by atoms with Gasteiger partial charge < -0.3 is 5.11 Å². The SMILES string of the molecule is N#Cc1ccc(C(=O)O)nc1/C=C/c1ccsc1. The third kappa shape index (κ3) is 2.62. The van der Waals surface area contributed by atoms with Gasteiger partial charge in [0.2, 0.25) is 0 Å². The molecule has 0 aliphatic heterocycles. The van der Waals surface area contributed by atoms with Crippen LogP contribution >= 0.6 is 11.3 Å². The molecule has 0 amide bonds. The first-order chi connectivity index (χ1) is 8.70. The van der Waals surface area contributed by atoms with E-state index >= 15 is 0 Å². The van der Waals surface area contributed by atoms with Crippen LogP contribution in [-0.2, 0) is 0 Å². The van der Waals surface area contributed by atoms with E-state index in [-0.39, 0.29) is 5.69 Å². The molecular formula is C13H8N2O2S. The Hall–Kier alpha value is -2.45. The number of hydrogen-bond acceptors (Lipinski definition) is 4. The van der Waals surface area contributed by atoms with E-state index in [4.69, 9.17) is 10.4 Å². The number of thiophene rings is 1. The lowest BCUT2D eigenvalue weighted by molar-refractivity contribution is 0.0690. The van der Waals surface area contributed by atoms with Gasteiger partial charge in [0.1, 0.15) is 11.8 Å². The van der Waals surface area contributed by atoms with Crippen molar-refractivity contribution in [3.05, 3.63) is 51.5 Å². The van der Waals surface area contributed by atoms with Crippen molar-refractivity contribution in [2.45, 2.75) is 0 Å². The Bertz CT molecular complexity index is 640. The van der Waals surface area contributed by atoms with Gasteiger partial charge in [0.05, 0.1) is 11.3 Å². The van der Waals surface area contributed by atoms with E-state index in [1.165, 1.54) is 12.1 Å². The summed E-state index contributed by atoms with van der Waals surface area (Å²) in [5.41, 5.74) is 1.64. The van der Waals surface area contributed by atoms with E-state index in [9.17, 15) is 4.79 Å². The van der Waals surface area contributed by atoms with Gasteiger partial charge in [0, 0.05) is 0 Å². The first-order valence-electron chi connectivity index (χ1n) is 5.05. The van der Waals surface area contributed by atoms with E-state index in [1.807, 2.05) is 22.9 Å². The Morgan fingerprint density at radius 3 is 2.83 bits per heavy atom. The second-order valence-electron chi connectivity index (χ2n) is 3.44. The summed E-state index contributed by atoms with van der Waals surface area (Å²) in [7, 11) is 0. The molecule has 88 valence electrons. The van der Waals surface area contributed by atoms with E-state index < -0.39 is 5.97 Å². The topological polar surface area (TPSA) is 74.0 Å². The maximum Gasteiger partial charge on any atom is 0.354 e. The summed E-state index contributed by atoms with van der Waals surface area (Å²) in [4.78, 5) is 14.8. The molecule has 0 fully saturated rings. The second-order valence-corrected chi connectivity index (χ2v) is 4.22. The molecule has 2 aromatic rings. The molecule has 18 heavy (non-hydrogen) atoms. The summed E-state index contributed by atoms with van der Waals surface area (Å²) in [5.74, 6) is -1.11. The van der Waals surface area contributed by atoms with Gasteiger partial charge in [0.15, 0.2) is 0 Å². The number of carboxylic acid groups (broad SMARTS) is 1. The maximum atomic E-state index is 10.8. The Labute approximate surface area is 107 Å². The molecule has 0 bridgehead atoms. The molecule has 0 spiro atoms. The molecule has 2 aromatic heterocycles. The minimum absolute atomic E-state index is 0.0704. The smallest absolute Gasteiger partial charge is 0.354 e. The van der Waals surface area contributed by atoms with E-state index in [0.29, 0.717) is 11.3 Å². The van der Waals surface area contributed by atoms with E-state index in [0.717, 1.165) is 5.56 Å². The number of nitrogens with zero attached hydrogens (tertiary/aromatic N) is 2. The number of aromatic nitrogens is 1. The third-order valence-electron chi connectivity index (χ3n) is 2.24. The van der Waals surface area contributed by atoms with Crippen LogP contribution in [0.25, 0.3) is 12.2 Å². The minimum Gasteiger partial charge on any atom is -0.477 e. The van der Waals surface area contributed by atoms with Gasteiger partial charge in [-0.1, -0.05) is 6.08 Å². The van der Waals surface area contributed by atoms with Crippen molar-refractivity contribution in [1.82, 2.24) is 4.98 Å². The van der Waals surface area contributed by atoms with Gasteiger partial charge in [-0.05, 0) is 40.6 Å². The molecule has 0 aliphatic rings. The molecule has 4 nitrogen and oxygen atoms in total. The first-order valence-corrected chi connectivity index (χ1v) is 5.99. The summed E-state index contributed by atoms with van der Waals surface area (Å²) in [6, 6.07) is 6.70. The van der Waals surface area contributed by atoms with Crippen molar-refractivity contribution >= 4 is 29.5 Å². The fourth-order valence-corrected chi connectivity index (χ4v) is 1.99. The zero-order valence-corrected chi connectivity index (χ0v) is 10.0. The molecule has 0 unspecified atom stereocenters. The fourth-order valence-electron chi connectivity index (χ4n) is 1.36. The molecule has 1 N–H and O–H groups in total. The van der Waals surface area contributed by atoms with Crippen molar-refractivity contribution < 1.29 is 9.90 Å². The number of hydrogen-bond donors (Lipinski definition) is 1. The summed E-state index contributed by atoms with van der Waals surface area (Å²) in [5, 5.41) is 21.7. The molecule has 0 radical (unpaired) electrons. The van der Waals surface area contributed by atoms with Gasteiger partial charge in [-0.2, -0.15) is 16.6 Å². The molecular weight excluding hydrogens is 248 g/mol. The summed E-state index contributed by atoms with van der Waals surface area (Å²) >= 11 is 1.56. The van der Waals surface area contributed by atoms with Gasteiger partial charge in [-0.15, -0.1) is 0 Å². The Kier molecular flexibility index (Phi) is 3.51. The zero-order chi connectivity index (χ0) is 13.0. The zero-order valence-electron chi connectivity index (χ0n) is 9.20. The van der Waals surface area contributed by atoms with E-state index in [2.05, 4.69) is 4.98 Å². The maximum absolute atomic E-state index is 10.8. The quantitative estimate of drug-likeness (QED) is 0.916. The van der Waals surface area contributed by atoms with Crippen molar-refractivity contribution in [3.8, 4) is 6.07 Å². The molecule has 0 atom stereocenters. The van der Waals surface area contributed by atoms with Crippen molar-refractivity contribution in [1.29, 1.82) is 5.26 Å². The number of carbonyl (C=O) groups is 1. The predicted molar refractivity (Wildman–Crippen MR) is 69.2 cm³/mol. The second kappa shape index (κ2) is 5.25. The minimum atomic E-state index is -1.11. The highest BCUT2D eigenvalue weighted by Crippen LogP contribution is 2.13. The van der Waals surface area contributed by atoms with Crippen LogP contribution in [0.15, 0.2) is 29.0 Å². The lowest BCUT2D eigenvalue weighted by Gasteiger charge is -1.99. The summed E-state index contributed by atoms with van der Waals surface area (Å²) < 4.78 is 0. The molecule has 2 heterocycles. The number of carboxylic acids is 1. The van der Waals surface area contributed by atoms with E-state index in [1.54, 1.807) is 23.5 Å². The van der Waals surface area contributed by atoms with Crippen LogP contribution in [0.3, 0.4) is 0 Å². The number of pyridine rings is 1. The molecule has 0 aromatic carbocycles. The lowest BCUT2D eigenvalue weighted by Crippen LogP contribution is -2.02. The van der Waals surface area contributed by atoms with Crippen LogP contribution in [0.1, 0.15) is 27.3 Å². The van der Waals surface area contributed by atoms with Crippen LogP contribution < -0.4 is 0 Å². The molecule has 5 heteroatoms. The van der Waals surface area contributed by atoms with Crippen LogP contribution in [0.4, 0.5) is 0 Å². The predicted octanol–water partition coefficient (Wildman–Crippen LogP) is 2.88. The monoisotopic (exact) mass is 256 g/mol. The Balaban J connectivity index is 2.39. The highest BCUT2D eigenvalue weighted by Gasteiger charge is 2.08. The van der Waals surface area contributed by atoms with Crippen LogP contribution in [0, 0.1) is 11.3 Å². The van der Waals surface area contributed by atoms with Gasteiger partial charge in [-0.25, -0.2) is 9.78 Å². The van der Waals surface area contributed by atoms with Crippen LogP contribution in [0.5, 0.6) is 0 Å². The highest BCUT2D eigenvalue weighted by atomic mass is 32.1. The average molecular weight is 256 g/mol. The molecule has 0 saturated carbocycles. The largest absolute Gasteiger partial charge is 0.477 e. The molecule has 0 aliphatic carbocycles. The number of aromatic carboxylic acids is 1. The van der Waals surface area contributed by atoms with Crippen LogP contribution in [-0.4, -0.2) is 16.1 Å². The van der Waals surface area contributed by atoms with Crippen LogP contribution in [0.2, 0.25) is 0 Å².